The van der Waals surface area contributed by atoms with Gasteiger partial charge in [0.1, 0.15) is 11.4 Å². The van der Waals surface area contributed by atoms with Crippen LogP contribution in [0.3, 0.4) is 0 Å². The Balaban J connectivity index is 2.23. The minimum Gasteiger partial charge on any atom is -0.359 e. The molecule has 0 aliphatic rings. The van der Waals surface area contributed by atoms with Gasteiger partial charge in [-0.2, -0.15) is 0 Å². The zero-order valence-electron chi connectivity index (χ0n) is 10.2. The van der Waals surface area contributed by atoms with Crippen LogP contribution < -0.4 is 5.32 Å². The third-order valence-corrected chi connectivity index (χ3v) is 3.81. The molecule has 0 aliphatic heterocycles. The summed E-state index contributed by atoms with van der Waals surface area (Å²) in [6.45, 7) is 7.59. The lowest BCUT2D eigenvalue weighted by molar-refractivity contribution is 0.103. The first kappa shape index (κ1) is 11.9. The van der Waals surface area contributed by atoms with Crippen molar-refractivity contribution in [3.8, 4) is 0 Å². The highest BCUT2D eigenvalue weighted by atomic mass is 32.1. The van der Waals surface area contributed by atoms with Crippen LogP contribution in [0.25, 0.3) is 0 Å². The zero-order chi connectivity index (χ0) is 12.6. The van der Waals surface area contributed by atoms with Crippen LogP contribution in [0.15, 0.2) is 10.6 Å². The molecule has 4 nitrogen and oxygen atoms in total. The van der Waals surface area contributed by atoms with Crippen molar-refractivity contribution in [3.63, 3.8) is 0 Å². The molecule has 0 atom stereocenters. The monoisotopic (exact) mass is 250 g/mol. The number of aromatic nitrogens is 1. The fourth-order valence-corrected chi connectivity index (χ4v) is 2.45. The Morgan fingerprint density at radius 2 is 2.06 bits per heavy atom. The maximum Gasteiger partial charge on any atom is 0.265 e. The van der Waals surface area contributed by atoms with Gasteiger partial charge in [0.15, 0.2) is 5.76 Å². The van der Waals surface area contributed by atoms with Crippen LogP contribution in [0.2, 0.25) is 0 Å². The number of amides is 1. The summed E-state index contributed by atoms with van der Waals surface area (Å²) >= 11 is 1.49. The Morgan fingerprint density at radius 1 is 1.35 bits per heavy atom. The van der Waals surface area contributed by atoms with Crippen LogP contribution in [0.5, 0.6) is 0 Å². The van der Waals surface area contributed by atoms with Gasteiger partial charge >= 0.3 is 0 Å². The van der Waals surface area contributed by atoms with E-state index in [1.165, 1.54) is 11.3 Å². The van der Waals surface area contributed by atoms with Crippen LogP contribution in [0.1, 0.15) is 31.6 Å². The van der Waals surface area contributed by atoms with E-state index in [0.29, 0.717) is 22.0 Å². The van der Waals surface area contributed by atoms with Gasteiger partial charge < -0.3 is 9.84 Å². The van der Waals surface area contributed by atoms with Crippen molar-refractivity contribution >= 4 is 22.9 Å². The molecule has 0 saturated heterocycles. The number of aryl methyl sites for hydroxylation is 4. The molecule has 2 aromatic heterocycles. The SMILES string of the molecule is Cc1cc(C(=O)Nc2c(C)noc2C)sc1C. The summed E-state index contributed by atoms with van der Waals surface area (Å²) in [5.41, 5.74) is 2.50. The zero-order valence-corrected chi connectivity index (χ0v) is 11.1. The number of rotatable bonds is 2. The summed E-state index contributed by atoms with van der Waals surface area (Å²) < 4.78 is 5.00. The maximum atomic E-state index is 12.0. The molecular formula is C12H14N2O2S. The molecule has 17 heavy (non-hydrogen) atoms. The molecule has 0 aliphatic carbocycles. The highest BCUT2D eigenvalue weighted by Gasteiger charge is 2.15. The lowest BCUT2D eigenvalue weighted by atomic mass is 10.2. The van der Waals surface area contributed by atoms with Gasteiger partial charge in [0.25, 0.3) is 5.91 Å². The molecule has 0 saturated carbocycles. The van der Waals surface area contributed by atoms with Crippen molar-refractivity contribution in [2.24, 2.45) is 0 Å². The standard InChI is InChI=1S/C12H14N2O2S/c1-6-5-10(17-9(6)4)12(15)13-11-7(2)14-16-8(11)3/h5H,1-4H3,(H,13,15). The summed E-state index contributed by atoms with van der Waals surface area (Å²) in [7, 11) is 0. The minimum atomic E-state index is -0.111. The topological polar surface area (TPSA) is 55.1 Å². The Morgan fingerprint density at radius 3 is 2.53 bits per heavy atom. The summed E-state index contributed by atoms with van der Waals surface area (Å²) in [5, 5.41) is 6.63. The van der Waals surface area contributed by atoms with E-state index in [1.54, 1.807) is 13.8 Å². The lowest BCUT2D eigenvalue weighted by Crippen LogP contribution is -2.11. The van der Waals surface area contributed by atoms with Gasteiger partial charge in [-0.1, -0.05) is 5.16 Å². The first-order valence-electron chi connectivity index (χ1n) is 5.30. The van der Waals surface area contributed by atoms with E-state index in [4.69, 9.17) is 4.52 Å². The highest BCUT2D eigenvalue weighted by Crippen LogP contribution is 2.24. The van der Waals surface area contributed by atoms with Crippen molar-refractivity contribution in [3.05, 3.63) is 32.8 Å². The molecule has 0 aromatic carbocycles. The summed E-state index contributed by atoms with van der Waals surface area (Å²) in [5.74, 6) is 0.515. The molecule has 0 unspecified atom stereocenters. The largest absolute Gasteiger partial charge is 0.359 e. The Hall–Kier alpha value is -1.62. The Labute approximate surface area is 104 Å². The van der Waals surface area contributed by atoms with Crippen LogP contribution in [-0.2, 0) is 0 Å². The Bertz CT molecular complexity index is 530. The quantitative estimate of drug-likeness (QED) is 0.890. The van der Waals surface area contributed by atoms with Crippen LogP contribution in [0, 0.1) is 27.7 Å². The van der Waals surface area contributed by atoms with Gasteiger partial charge in [0.2, 0.25) is 0 Å². The first-order valence-corrected chi connectivity index (χ1v) is 6.12. The van der Waals surface area contributed by atoms with Crippen molar-refractivity contribution < 1.29 is 9.32 Å². The number of carbonyl (C=O) groups excluding carboxylic acids is 1. The summed E-state index contributed by atoms with van der Waals surface area (Å²) in [6, 6.07) is 1.90. The molecule has 1 N–H and O–H groups in total. The van der Waals surface area contributed by atoms with Crippen molar-refractivity contribution in [2.75, 3.05) is 5.32 Å². The Kier molecular flexibility index (Phi) is 3.02. The van der Waals surface area contributed by atoms with E-state index in [0.717, 1.165) is 10.4 Å². The second kappa shape index (κ2) is 4.33. The normalized spacial score (nSPS) is 10.6. The average molecular weight is 250 g/mol. The van der Waals surface area contributed by atoms with Gasteiger partial charge in [-0.3, -0.25) is 4.79 Å². The predicted octanol–water partition coefficient (Wildman–Crippen LogP) is 3.22. The maximum absolute atomic E-state index is 12.0. The number of anilines is 1. The summed E-state index contributed by atoms with van der Waals surface area (Å²) in [6.07, 6.45) is 0. The molecule has 0 radical (unpaired) electrons. The molecule has 2 aromatic rings. The van der Waals surface area contributed by atoms with Crippen molar-refractivity contribution in [1.82, 2.24) is 5.16 Å². The van der Waals surface area contributed by atoms with Crippen LogP contribution >= 0.6 is 11.3 Å². The molecule has 0 spiro atoms. The number of nitrogens with zero attached hydrogens (tertiary/aromatic N) is 1. The predicted molar refractivity (Wildman–Crippen MR) is 67.7 cm³/mol. The van der Waals surface area contributed by atoms with Gasteiger partial charge in [0.05, 0.1) is 4.88 Å². The van der Waals surface area contributed by atoms with E-state index in [9.17, 15) is 4.79 Å². The number of thiophene rings is 1. The highest BCUT2D eigenvalue weighted by molar-refractivity contribution is 7.14. The van der Waals surface area contributed by atoms with Crippen LogP contribution in [0.4, 0.5) is 5.69 Å². The number of nitrogens with one attached hydrogen (secondary N) is 1. The third kappa shape index (κ3) is 2.24. The smallest absolute Gasteiger partial charge is 0.265 e. The molecule has 2 heterocycles. The molecule has 1 amide bonds. The molecule has 0 fully saturated rings. The second-order valence-corrected chi connectivity index (χ2v) is 5.26. The first-order chi connectivity index (χ1) is 7.99. The number of hydrogen-bond acceptors (Lipinski definition) is 4. The van der Waals surface area contributed by atoms with E-state index in [1.807, 2.05) is 19.9 Å². The molecule has 5 heteroatoms. The molecule has 90 valence electrons. The van der Waals surface area contributed by atoms with Gasteiger partial charge in [0, 0.05) is 4.88 Å². The molecule has 0 bridgehead atoms. The van der Waals surface area contributed by atoms with E-state index in [2.05, 4.69) is 10.5 Å². The fourth-order valence-electron chi connectivity index (χ4n) is 1.52. The van der Waals surface area contributed by atoms with Gasteiger partial charge in [-0.25, -0.2) is 0 Å². The molecule has 2 rings (SSSR count). The van der Waals surface area contributed by atoms with E-state index >= 15 is 0 Å². The van der Waals surface area contributed by atoms with Gasteiger partial charge in [-0.05, 0) is 39.3 Å². The lowest BCUT2D eigenvalue weighted by Gasteiger charge is -2.01. The summed E-state index contributed by atoms with van der Waals surface area (Å²) in [4.78, 5) is 13.9. The second-order valence-electron chi connectivity index (χ2n) is 4.00. The van der Waals surface area contributed by atoms with Crippen molar-refractivity contribution in [2.45, 2.75) is 27.7 Å². The number of carbonyl (C=O) groups is 1. The van der Waals surface area contributed by atoms with E-state index < -0.39 is 0 Å². The fraction of sp³-hybridized carbons (Fsp3) is 0.333. The van der Waals surface area contributed by atoms with Crippen molar-refractivity contribution in [1.29, 1.82) is 0 Å². The minimum absolute atomic E-state index is 0.111. The average Bonchev–Trinajstić information content (AvgIpc) is 2.76. The van der Waals surface area contributed by atoms with E-state index in [-0.39, 0.29) is 5.91 Å². The van der Waals surface area contributed by atoms with Gasteiger partial charge in [-0.15, -0.1) is 11.3 Å². The molecular weight excluding hydrogens is 236 g/mol. The number of hydrogen-bond donors (Lipinski definition) is 1. The van der Waals surface area contributed by atoms with Crippen LogP contribution in [-0.4, -0.2) is 11.1 Å². The third-order valence-electron chi connectivity index (χ3n) is 2.66.